The standard InChI is InChI=1S/C20H26N2O2.ClH/c1-2-6-18(7-3-1)17-24-20-9-5-4-8-19(20)16-21-10-11-22-12-14-23-15-13-22;/h1-9,21H,10-17H2;1H. The molecule has 0 radical (unpaired) electrons. The molecule has 1 aliphatic rings. The fourth-order valence-electron chi connectivity index (χ4n) is 2.81. The van der Waals surface area contributed by atoms with E-state index in [1.54, 1.807) is 0 Å². The molecule has 136 valence electrons. The van der Waals surface area contributed by atoms with Crippen LogP contribution in [-0.2, 0) is 17.9 Å². The van der Waals surface area contributed by atoms with Gasteiger partial charge in [-0.2, -0.15) is 0 Å². The highest BCUT2D eigenvalue weighted by molar-refractivity contribution is 5.85. The van der Waals surface area contributed by atoms with Gasteiger partial charge in [0.1, 0.15) is 12.4 Å². The smallest absolute Gasteiger partial charge is 0.124 e. The highest BCUT2D eigenvalue weighted by Crippen LogP contribution is 2.19. The van der Waals surface area contributed by atoms with Crippen molar-refractivity contribution in [1.29, 1.82) is 0 Å². The molecule has 0 spiro atoms. The monoisotopic (exact) mass is 362 g/mol. The van der Waals surface area contributed by atoms with Gasteiger partial charge in [-0.25, -0.2) is 0 Å². The zero-order valence-electron chi connectivity index (χ0n) is 14.5. The van der Waals surface area contributed by atoms with Crippen LogP contribution in [-0.4, -0.2) is 44.3 Å². The molecule has 0 atom stereocenters. The molecule has 0 unspecified atom stereocenters. The molecule has 5 heteroatoms. The maximum Gasteiger partial charge on any atom is 0.124 e. The van der Waals surface area contributed by atoms with Gasteiger partial charge in [0, 0.05) is 38.3 Å². The van der Waals surface area contributed by atoms with Crippen LogP contribution in [0.3, 0.4) is 0 Å². The molecule has 1 aliphatic heterocycles. The quantitative estimate of drug-likeness (QED) is 0.732. The average Bonchev–Trinajstić information content (AvgIpc) is 2.66. The lowest BCUT2D eigenvalue weighted by Gasteiger charge is -2.26. The van der Waals surface area contributed by atoms with Crippen LogP contribution >= 0.6 is 12.4 Å². The van der Waals surface area contributed by atoms with Gasteiger partial charge in [0.2, 0.25) is 0 Å². The molecule has 1 heterocycles. The first-order valence-corrected chi connectivity index (χ1v) is 8.67. The summed E-state index contributed by atoms with van der Waals surface area (Å²) in [5.74, 6) is 0.959. The summed E-state index contributed by atoms with van der Waals surface area (Å²) in [5.41, 5.74) is 2.39. The lowest BCUT2D eigenvalue weighted by molar-refractivity contribution is 0.0384. The highest BCUT2D eigenvalue weighted by atomic mass is 35.5. The summed E-state index contributed by atoms with van der Waals surface area (Å²) in [7, 11) is 0. The van der Waals surface area contributed by atoms with Gasteiger partial charge >= 0.3 is 0 Å². The molecule has 1 saturated heterocycles. The van der Waals surface area contributed by atoms with E-state index in [0.29, 0.717) is 6.61 Å². The summed E-state index contributed by atoms with van der Waals surface area (Å²) < 4.78 is 11.4. The van der Waals surface area contributed by atoms with E-state index in [2.05, 4.69) is 34.5 Å². The zero-order chi connectivity index (χ0) is 16.5. The van der Waals surface area contributed by atoms with E-state index < -0.39 is 0 Å². The molecule has 2 aromatic rings. The predicted molar refractivity (Wildman–Crippen MR) is 103 cm³/mol. The second-order valence-corrected chi connectivity index (χ2v) is 6.01. The molecular formula is C20H27ClN2O2. The maximum atomic E-state index is 6.00. The molecule has 0 aromatic heterocycles. The zero-order valence-corrected chi connectivity index (χ0v) is 15.3. The Morgan fingerprint density at radius 1 is 0.960 bits per heavy atom. The van der Waals surface area contributed by atoms with Gasteiger partial charge in [0.05, 0.1) is 13.2 Å². The second-order valence-electron chi connectivity index (χ2n) is 6.01. The Labute approximate surface area is 156 Å². The minimum absolute atomic E-state index is 0. The number of rotatable bonds is 8. The Balaban J connectivity index is 0.00000225. The van der Waals surface area contributed by atoms with Crippen LogP contribution in [0.25, 0.3) is 0 Å². The summed E-state index contributed by atoms with van der Waals surface area (Å²) >= 11 is 0. The minimum Gasteiger partial charge on any atom is -0.489 e. The molecule has 25 heavy (non-hydrogen) atoms. The van der Waals surface area contributed by atoms with Gasteiger partial charge in [-0.15, -0.1) is 12.4 Å². The number of nitrogens with zero attached hydrogens (tertiary/aromatic N) is 1. The molecule has 3 rings (SSSR count). The third-order valence-electron chi connectivity index (χ3n) is 4.23. The first-order valence-electron chi connectivity index (χ1n) is 8.67. The Hall–Kier alpha value is -1.59. The number of hydrogen-bond donors (Lipinski definition) is 1. The minimum atomic E-state index is 0. The van der Waals surface area contributed by atoms with Crippen molar-refractivity contribution in [2.24, 2.45) is 0 Å². The SMILES string of the molecule is Cl.c1ccc(COc2ccccc2CNCCN2CCOCC2)cc1. The number of benzene rings is 2. The van der Waals surface area contributed by atoms with Gasteiger partial charge in [-0.3, -0.25) is 4.90 Å². The van der Waals surface area contributed by atoms with Crippen LogP contribution in [0, 0.1) is 0 Å². The summed E-state index contributed by atoms with van der Waals surface area (Å²) in [5, 5.41) is 3.53. The fourth-order valence-corrected chi connectivity index (χ4v) is 2.81. The van der Waals surface area contributed by atoms with Crippen LogP contribution in [0.1, 0.15) is 11.1 Å². The van der Waals surface area contributed by atoms with Crippen LogP contribution in [0.15, 0.2) is 54.6 Å². The summed E-state index contributed by atoms with van der Waals surface area (Å²) in [6, 6.07) is 18.5. The van der Waals surface area contributed by atoms with Crippen LogP contribution in [0.5, 0.6) is 5.75 Å². The third-order valence-corrected chi connectivity index (χ3v) is 4.23. The fraction of sp³-hybridized carbons (Fsp3) is 0.400. The van der Waals surface area contributed by atoms with Crippen molar-refractivity contribution in [3.63, 3.8) is 0 Å². The van der Waals surface area contributed by atoms with Gasteiger partial charge in [0.25, 0.3) is 0 Å². The maximum absolute atomic E-state index is 6.00. The molecule has 1 fully saturated rings. The predicted octanol–water partition coefficient (Wildman–Crippen LogP) is 3.11. The van der Waals surface area contributed by atoms with Crippen molar-refractivity contribution in [2.75, 3.05) is 39.4 Å². The van der Waals surface area contributed by atoms with E-state index in [9.17, 15) is 0 Å². The van der Waals surface area contributed by atoms with Crippen molar-refractivity contribution >= 4 is 12.4 Å². The molecule has 0 amide bonds. The third kappa shape index (κ3) is 6.67. The van der Waals surface area contributed by atoms with E-state index in [-0.39, 0.29) is 12.4 Å². The molecule has 0 aliphatic carbocycles. The van der Waals surface area contributed by atoms with E-state index in [1.165, 1.54) is 11.1 Å². The topological polar surface area (TPSA) is 33.7 Å². The average molecular weight is 363 g/mol. The molecule has 2 aromatic carbocycles. The van der Waals surface area contributed by atoms with Crippen molar-refractivity contribution in [3.05, 3.63) is 65.7 Å². The summed E-state index contributed by atoms with van der Waals surface area (Å²) in [6.07, 6.45) is 0. The largest absolute Gasteiger partial charge is 0.489 e. The number of para-hydroxylation sites is 1. The first-order chi connectivity index (χ1) is 11.9. The number of morpholine rings is 1. The van der Waals surface area contributed by atoms with Crippen molar-refractivity contribution in [2.45, 2.75) is 13.2 Å². The normalized spacial score (nSPS) is 14.7. The Morgan fingerprint density at radius 3 is 2.48 bits per heavy atom. The Bertz CT molecular complexity index is 604. The molecule has 0 saturated carbocycles. The van der Waals surface area contributed by atoms with Crippen molar-refractivity contribution < 1.29 is 9.47 Å². The second kappa shape index (κ2) is 11.1. The Kier molecular flexibility index (Phi) is 8.77. The summed E-state index contributed by atoms with van der Waals surface area (Å²) in [6.45, 7) is 7.27. The Morgan fingerprint density at radius 2 is 1.68 bits per heavy atom. The lowest BCUT2D eigenvalue weighted by Crippen LogP contribution is -2.40. The van der Waals surface area contributed by atoms with Crippen LogP contribution in [0.2, 0.25) is 0 Å². The summed E-state index contributed by atoms with van der Waals surface area (Å²) in [4.78, 5) is 2.44. The van der Waals surface area contributed by atoms with E-state index in [0.717, 1.165) is 51.7 Å². The number of halogens is 1. The number of nitrogens with one attached hydrogen (secondary N) is 1. The van der Waals surface area contributed by atoms with Gasteiger partial charge in [0.15, 0.2) is 0 Å². The van der Waals surface area contributed by atoms with Crippen molar-refractivity contribution in [3.8, 4) is 5.75 Å². The highest BCUT2D eigenvalue weighted by Gasteiger charge is 2.09. The molecular weight excluding hydrogens is 336 g/mol. The molecule has 0 bridgehead atoms. The first kappa shape index (κ1) is 19.7. The lowest BCUT2D eigenvalue weighted by atomic mass is 10.2. The van der Waals surface area contributed by atoms with Crippen molar-refractivity contribution in [1.82, 2.24) is 10.2 Å². The number of hydrogen-bond acceptors (Lipinski definition) is 4. The van der Waals surface area contributed by atoms with E-state index >= 15 is 0 Å². The van der Waals surface area contributed by atoms with Crippen LogP contribution < -0.4 is 10.1 Å². The van der Waals surface area contributed by atoms with Gasteiger partial charge < -0.3 is 14.8 Å². The van der Waals surface area contributed by atoms with Gasteiger partial charge in [-0.1, -0.05) is 48.5 Å². The van der Waals surface area contributed by atoms with E-state index in [1.807, 2.05) is 30.3 Å². The number of ether oxygens (including phenoxy) is 2. The van der Waals surface area contributed by atoms with Gasteiger partial charge in [-0.05, 0) is 11.6 Å². The van der Waals surface area contributed by atoms with Crippen LogP contribution in [0.4, 0.5) is 0 Å². The molecule has 1 N–H and O–H groups in total. The van der Waals surface area contributed by atoms with E-state index in [4.69, 9.17) is 9.47 Å². The molecule has 4 nitrogen and oxygen atoms in total.